The number of ether oxygens (including phenoxy) is 5. The molecule has 5 atom stereocenters. The molecule has 1 N–H and O–H groups in total. The molecule has 0 radical (unpaired) electrons. The first-order valence-electron chi connectivity index (χ1n) is 12.6. The lowest BCUT2D eigenvalue weighted by molar-refractivity contribution is -0.301. The summed E-state index contributed by atoms with van der Waals surface area (Å²) in [5.74, 6) is -3.92. The van der Waals surface area contributed by atoms with Crippen LogP contribution in [0.15, 0.2) is 12.3 Å². The number of carbonyl (C=O) groups is 8. The van der Waals surface area contributed by atoms with E-state index < -0.39 is 85.3 Å². The van der Waals surface area contributed by atoms with E-state index in [1.165, 1.54) is 0 Å². The molecule has 0 bridgehead atoms. The van der Waals surface area contributed by atoms with Crippen LogP contribution in [0.1, 0.15) is 38.5 Å². The van der Waals surface area contributed by atoms with Gasteiger partial charge in [-0.1, -0.05) is 16.7 Å². The number of hydroxylamine groups is 6. The van der Waals surface area contributed by atoms with Gasteiger partial charge in [-0.25, -0.2) is 14.4 Å². The van der Waals surface area contributed by atoms with Crippen LogP contribution in [-0.4, -0.2) is 113 Å². The molecule has 4 saturated heterocycles. The maximum Gasteiger partial charge on any atom is 0.534 e. The van der Waals surface area contributed by atoms with Crippen molar-refractivity contribution < 1.29 is 81.7 Å². The molecule has 4 aliphatic heterocycles. The van der Waals surface area contributed by atoms with Crippen LogP contribution < -0.4 is 0 Å². The molecule has 4 rings (SSSR count). The second-order valence-electron chi connectivity index (χ2n) is 9.19. The van der Waals surface area contributed by atoms with Crippen molar-refractivity contribution in [2.24, 2.45) is 0 Å². The van der Waals surface area contributed by atoms with Gasteiger partial charge >= 0.3 is 18.5 Å². The number of carbonyl (C=O) groups excluding carboxylic acids is 8. The molecular formula is C23H25N3O17. The molecule has 4 heterocycles. The molecular weight excluding hydrogens is 590 g/mol. The standard InChI is InChI=1S/C23H25N3O17/c1-10-3-4-12(27)24(10)41-21(33)37-9-11-18(39-22(34)42-25-13(28)5-6-14(25)29)17(32)19(20(36-2)38-11)40-23(35)43-26-15(30)7-8-16(26)31/h11,17-20,32H,1,3-9H2,2H3/t11-,17?,18?,19+,20?/m0/s1. The van der Waals surface area contributed by atoms with E-state index in [1.807, 2.05) is 0 Å². The minimum atomic E-state index is -2.07. The number of aliphatic hydroxyl groups is 1. The highest BCUT2D eigenvalue weighted by Gasteiger charge is 2.52. The maximum atomic E-state index is 12.5. The van der Waals surface area contributed by atoms with Crippen LogP contribution in [0.5, 0.6) is 0 Å². The molecule has 20 heteroatoms. The molecule has 0 saturated carbocycles. The summed E-state index contributed by atoms with van der Waals surface area (Å²) in [7, 11) is 1.06. The van der Waals surface area contributed by atoms with E-state index in [9.17, 15) is 43.5 Å². The molecule has 4 fully saturated rings. The fourth-order valence-electron chi connectivity index (χ4n) is 4.22. The second-order valence-corrected chi connectivity index (χ2v) is 9.19. The highest BCUT2D eigenvalue weighted by atomic mass is 16.9. The SMILES string of the molecule is C=C1CCC(=O)N1OC(=O)OC[C@@H]1OC(OC)[C@H](OC(=O)ON2C(=O)CCC2=O)C(O)C1OC(=O)ON1C(=O)CCC1=O. The first-order valence-corrected chi connectivity index (χ1v) is 12.6. The summed E-state index contributed by atoms with van der Waals surface area (Å²) in [6.45, 7) is 2.74. The Morgan fingerprint density at radius 1 is 0.744 bits per heavy atom. The lowest BCUT2D eigenvalue weighted by atomic mass is 9.99. The zero-order valence-corrected chi connectivity index (χ0v) is 22.4. The first kappa shape index (κ1) is 31.1. The summed E-state index contributed by atoms with van der Waals surface area (Å²) in [6, 6.07) is 0. The molecule has 0 aromatic carbocycles. The minimum absolute atomic E-state index is 0.0452. The fraction of sp³-hybridized carbons (Fsp3) is 0.565. The number of imide groups is 2. The Hall–Kier alpha value is -4.82. The highest BCUT2D eigenvalue weighted by molar-refractivity contribution is 6.02. The Morgan fingerprint density at radius 3 is 1.65 bits per heavy atom. The predicted molar refractivity (Wildman–Crippen MR) is 124 cm³/mol. The first-order chi connectivity index (χ1) is 20.4. The Labute approximate surface area is 240 Å². The van der Waals surface area contributed by atoms with E-state index in [1.54, 1.807) is 0 Å². The van der Waals surface area contributed by atoms with Gasteiger partial charge in [-0.15, -0.1) is 5.06 Å². The molecule has 0 aromatic rings. The molecule has 0 aromatic heterocycles. The summed E-state index contributed by atoms with van der Waals surface area (Å²) < 4.78 is 25.6. The summed E-state index contributed by atoms with van der Waals surface area (Å²) in [5, 5.41) is 12.0. The van der Waals surface area contributed by atoms with Crippen molar-refractivity contribution in [3.8, 4) is 0 Å². The summed E-state index contributed by atoms with van der Waals surface area (Å²) in [6.07, 6.45) is -14.5. The molecule has 20 nitrogen and oxygen atoms in total. The van der Waals surface area contributed by atoms with E-state index in [4.69, 9.17) is 28.5 Å². The van der Waals surface area contributed by atoms with Gasteiger partial charge < -0.3 is 28.8 Å². The number of hydrogen-bond acceptors (Lipinski definition) is 17. The zero-order valence-electron chi connectivity index (χ0n) is 22.4. The summed E-state index contributed by atoms with van der Waals surface area (Å²) in [5.41, 5.74) is 0.185. The molecule has 3 unspecified atom stereocenters. The molecule has 4 aliphatic rings. The molecule has 234 valence electrons. The van der Waals surface area contributed by atoms with Crippen molar-refractivity contribution in [3.63, 3.8) is 0 Å². The molecule has 0 aliphatic carbocycles. The Bertz CT molecular complexity index is 1190. The predicted octanol–water partition coefficient (Wildman–Crippen LogP) is -0.905. The van der Waals surface area contributed by atoms with Crippen molar-refractivity contribution in [1.29, 1.82) is 0 Å². The normalized spacial score (nSPS) is 27.5. The van der Waals surface area contributed by atoms with Crippen LogP contribution in [-0.2, 0) is 62.2 Å². The van der Waals surface area contributed by atoms with Crippen molar-refractivity contribution in [2.75, 3.05) is 13.7 Å². The topological polar surface area (TPSA) is 240 Å². The third kappa shape index (κ3) is 6.98. The van der Waals surface area contributed by atoms with Gasteiger partial charge in [0.2, 0.25) is 0 Å². The van der Waals surface area contributed by atoms with Crippen LogP contribution in [0.25, 0.3) is 0 Å². The summed E-state index contributed by atoms with van der Waals surface area (Å²) in [4.78, 5) is 110. The number of aliphatic hydroxyl groups excluding tert-OH is 1. The second kappa shape index (κ2) is 13.0. The van der Waals surface area contributed by atoms with Gasteiger partial charge in [0, 0.05) is 39.2 Å². The fourth-order valence-corrected chi connectivity index (χ4v) is 4.22. The van der Waals surface area contributed by atoms with Crippen molar-refractivity contribution in [2.45, 2.75) is 69.2 Å². The average Bonchev–Trinajstić information content (AvgIpc) is 3.57. The number of allylic oxidation sites excluding steroid dienone is 1. The minimum Gasteiger partial charge on any atom is -0.430 e. The van der Waals surface area contributed by atoms with Crippen LogP contribution in [0.3, 0.4) is 0 Å². The number of rotatable bonds is 8. The highest BCUT2D eigenvalue weighted by Crippen LogP contribution is 2.29. The van der Waals surface area contributed by atoms with Gasteiger partial charge in [-0.05, 0) is 6.42 Å². The summed E-state index contributed by atoms with van der Waals surface area (Å²) >= 11 is 0. The van der Waals surface area contributed by atoms with Gasteiger partial charge in [-0.3, -0.25) is 38.5 Å². The Balaban J connectivity index is 1.46. The van der Waals surface area contributed by atoms with Crippen LogP contribution in [0.2, 0.25) is 0 Å². The number of hydrogen-bond donors (Lipinski definition) is 1. The Kier molecular flexibility index (Phi) is 9.41. The van der Waals surface area contributed by atoms with E-state index in [-0.39, 0.29) is 54.3 Å². The lowest BCUT2D eigenvalue weighted by Gasteiger charge is -2.41. The smallest absolute Gasteiger partial charge is 0.430 e. The van der Waals surface area contributed by atoms with Gasteiger partial charge in [0.15, 0.2) is 18.5 Å². The van der Waals surface area contributed by atoms with Crippen molar-refractivity contribution in [3.05, 3.63) is 12.3 Å². The third-order valence-corrected chi connectivity index (χ3v) is 6.33. The van der Waals surface area contributed by atoms with E-state index >= 15 is 0 Å². The van der Waals surface area contributed by atoms with E-state index in [2.05, 4.69) is 16.3 Å². The number of nitrogens with zero attached hydrogens (tertiary/aromatic N) is 3. The van der Waals surface area contributed by atoms with Gasteiger partial charge in [0.05, 0.1) is 5.70 Å². The molecule has 43 heavy (non-hydrogen) atoms. The van der Waals surface area contributed by atoms with E-state index in [0.717, 1.165) is 7.11 Å². The van der Waals surface area contributed by atoms with Crippen LogP contribution in [0, 0.1) is 0 Å². The zero-order chi connectivity index (χ0) is 31.4. The van der Waals surface area contributed by atoms with Gasteiger partial charge in [0.1, 0.15) is 18.8 Å². The molecule has 5 amide bonds. The Morgan fingerprint density at radius 2 is 1.19 bits per heavy atom. The average molecular weight is 615 g/mol. The van der Waals surface area contributed by atoms with Crippen molar-refractivity contribution >= 4 is 48.0 Å². The van der Waals surface area contributed by atoms with Crippen molar-refractivity contribution in [1.82, 2.24) is 15.2 Å². The van der Waals surface area contributed by atoms with Crippen LogP contribution >= 0.6 is 0 Å². The van der Waals surface area contributed by atoms with Gasteiger partial charge in [0.25, 0.3) is 29.5 Å². The lowest BCUT2D eigenvalue weighted by Crippen LogP contribution is -2.62. The van der Waals surface area contributed by atoms with Gasteiger partial charge in [-0.2, -0.15) is 0 Å². The number of amides is 5. The van der Waals surface area contributed by atoms with Crippen LogP contribution in [0.4, 0.5) is 14.4 Å². The molecule has 0 spiro atoms. The quantitative estimate of drug-likeness (QED) is 0.197. The maximum absolute atomic E-state index is 12.5. The van der Waals surface area contributed by atoms with E-state index in [0.29, 0.717) is 5.06 Å². The third-order valence-electron chi connectivity index (χ3n) is 6.33. The number of methoxy groups -OCH3 is 1. The largest absolute Gasteiger partial charge is 0.534 e. The monoisotopic (exact) mass is 615 g/mol.